The Morgan fingerprint density at radius 1 is 0.947 bits per heavy atom. The summed E-state index contributed by atoms with van der Waals surface area (Å²) in [4.78, 5) is 45.4. The summed E-state index contributed by atoms with van der Waals surface area (Å²) in [5.41, 5.74) is 4.99. The molecule has 0 spiro atoms. The molecule has 1 aliphatic heterocycles. The zero-order valence-corrected chi connectivity index (χ0v) is 23.0. The lowest BCUT2D eigenvalue weighted by molar-refractivity contribution is -0.140. The molecule has 2 aromatic rings. The molecule has 1 fully saturated rings. The Labute approximate surface area is 225 Å². The van der Waals surface area contributed by atoms with Crippen LogP contribution in [-0.2, 0) is 20.8 Å². The zero-order chi connectivity index (χ0) is 27.3. The van der Waals surface area contributed by atoms with Crippen LogP contribution < -0.4 is 0 Å². The van der Waals surface area contributed by atoms with Crippen LogP contribution in [0.15, 0.2) is 41.6 Å². The van der Waals surface area contributed by atoms with E-state index < -0.39 is 11.5 Å². The van der Waals surface area contributed by atoms with E-state index >= 15 is 0 Å². The predicted molar refractivity (Wildman–Crippen MR) is 148 cm³/mol. The van der Waals surface area contributed by atoms with E-state index in [4.69, 9.17) is 9.57 Å². The number of nitrogens with zero attached hydrogens (tertiary/aromatic N) is 2. The van der Waals surface area contributed by atoms with E-state index in [2.05, 4.69) is 17.0 Å². The number of carbonyl (C=O) groups excluding carboxylic acids is 3. The molecule has 0 atom stereocenters. The Kier molecular flexibility index (Phi) is 8.90. The monoisotopic (exact) mass is 518 g/mol. The minimum Gasteiger partial charge on any atom is -0.379 e. The van der Waals surface area contributed by atoms with Crippen LogP contribution in [-0.4, -0.2) is 60.0 Å². The van der Waals surface area contributed by atoms with Crippen molar-refractivity contribution in [3.63, 3.8) is 0 Å². The molecule has 7 heteroatoms. The minimum absolute atomic E-state index is 0.0748. The molecule has 0 unspecified atom stereocenters. The van der Waals surface area contributed by atoms with Crippen LogP contribution in [0.4, 0.5) is 0 Å². The van der Waals surface area contributed by atoms with Gasteiger partial charge in [-0.1, -0.05) is 55.6 Å². The Bertz CT molecular complexity index is 1240. The van der Waals surface area contributed by atoms with E-state index in [-0.39, 0.29) is 17.3 Å². The number of hydrogen-bond acceptors (Lipinski definition) is 7. The van der Waals surface area contributed by atoms with Crippen LogP contribution in [0.25, 0.3) is 11.1 Å². The van der Waals surface area contributed by atoms with E-state index in [9.17, 15) is 14.4 Å². The summed E-state index contributed by atoms with van der Waals surface area (Å²) >= 11 is 0. The van der Waals surface area contributed by atoms with Gasteiger partial charge in [0, 0.05) is 31.1 Å². The van der Waals surface area contributed by atoms with E-state index in [1.54, 1.807) is 0 Å². The van der Waals surface area contributed by atoms with Crippen LogP contribution in [0.3, 0.4) is 0 Å². The van der Waals surface area contributed by atoms with Gasteiger partial charge in [-0.25, -0.2) is 4.79 Å². The lowest BCUT2D eigenvalue weighted by atomic mass is 9.89. The lowest BCUT2D eigenvalue weighted by Gasteiger charge is -2.39. The molecule has 4 rings (SSSR count). The maximum absolute atomic E-state index is 13.6. The normalized spacial score (nSPS) is 15.6. The van der Waals surface area contributed by atoms with Crippen LogP contribution in [0.5, 0.6) is 0 Å². The third-order valence-corrected chi connectivity index (χ3v) is 7.59. The number of hydrogen-bond donors (Lipinski definition) is 0. The number of ether oxygens (including phenoxy) is 1. The summed E-state index contributed by atoms with van der Waals surface area (Å²) in [5.74, 6) is -0.714. The number of rotatable bonds is 11. The van der Waals surface area contributed by atoms with E-state index in [0.717, 1.165) is 67.4 Å². The van der Waals surface area contributed by atoms with Crippen LogP contribution in [0.1, 0.15) is 91.6 Å². The number of oxime groups is 1. The second-order valence-electron chi connectivity index (χ2n) is 10.7. The Balaban J connectivity index is 1.60. The van der Waals surface area contributed by atoms with Gasteiger partial charge < -0.3 is 9.57 Å². The molecule has 0 bridgehead atoms. The topological polar surface area (TPSA) is 85.3 Å². The number of carbonyl (C=O) groups is 3. The molecule has 38 heavy (non-hydrogen) atoms. The number of unbranched alkanes of at least 4 members (excludes halogenated alkanes) is 3. The highest BCUT2D eigenvalue weighted by Crippen LogP contribution is 2.38. The molecule has 1 saturated heterocycles. The number of fused-ring (bicyclic) bond motifs is 3. The summed E-state index contributed by atoms with van der Waals surface area (Å²) in [6.07, 6.45) is 5.16. The molecular formula is C31H38N2O5. The molecule has 0 radical (unpaired) electrons. The average molecular weight is 519 g/mol. The molecule has 0 amide bonds. The van der Waals surface area contributed by atoms with Crippen LogP contribution in [0.2, 0.25) is 0 Å². The molecular weight excluding hydrogens is 480 g/mol. The predicted octanol–water partition coefficient (Wildman–Crippen LogP) is 5.62. The highest BCUT2D eigenvalue weighted by molar-refractivity contribution is 6.46. The molecule has 202 valence electrons. The fourth-order valence-corrected chi connectivity index (χ4v) is 5.28. The summed E-state index contributed by atoms with van der Waals surface area (Å²) in [6.45, 7) is 10.1. The van der Waals surface area contributed by atoms with Gasteiger partial charge in [-0.15, -0.1) is 0 Å². The van der Waals surface area contributed by atoms with Gasteiger partial charge in [-0.3, -0.25) is 14.5 Å². The van der Waals surface area contributed by atoms with Gasteiger partial charge in [0.25, 0.3) is 0 Å². The van der Waals surface area contributed by atoms with Crippen molar-refractivity contribution in [2.75, 3.05) is 26.3 Å². The van der Waals surface area contributed by atoms with E-state index in [1.165, 1.54) is 6.92 Å². The highest BCUT2D eigenvalue weighted by atomic mass is 16.7. The standard InChI is InChI=1S/C31H38N2O5/c1-5-6-7-8-9-28(32-38-21(2)34)29(35)24-12-10-22-18-23-11-13-25(20-27(23)26(22)19-24)30(36)31(3,4)33-14-16-37-17-15-33/h10-13,19-20H,5-9,14-18H2,1-4H3/b32-28+. The van der Waals surface area contributed by atoms with Crippen molar-refractivity contribution in [1.82, 2.24) is 4.90 Å². The summed E-state index contributed by atoms with van der Waals surface area (Å²) in [7, 11) is 0. The third kappa shape index (κ3) is 6.11. The van der Waals surface area contributed by atoms with Crippen molar-refractivity contribution in [3.8, 4) is 11.1 Å². The summed E-state index contributed by atoms with van der Waals surface area (Å²) in [5, 5.41) is 3.90. The van der Waals surface area contributed by atoms with Gasteiger partial charge in [0.2, 0.25) is 5.78 Å². The zero-order valence-electron chi connectivity index (χ0n) is 23.0. The summed E-state index contributed by atoms with van der Waals surface area (Å²) < 4.78 is 5.47. The van der Waals surface area contributed by atoms with Crippen molar-refractivity contribution in [2.24, 2.45) is 5.16 Å². The van der Waals surface area contributed by atoms with Gasteiger partial charge >= 0.3 is 5.97 Å². The number of benzene rings is 2. The molecule has 7 nitrogen and oxygen atoms in total. The molecule has 2 aliphatic rings. The first-order valence-corrected chi connectivity index (χ1v) is 13.6. The molecule has 0 saturated carbocycles. The SMILES string of the molecule is CCCCCC/C(=N\OC(C)=O)C(=O)c1ccc2c(c1)-c1cc(C(=O)C(C)(C)N3CCOCC3)ccc1C2. The largest absolute Gasteiger partial charge is 0.379 e. The Morgan fingerprint density at radius 3 is 2.21 bits per heavy atom. The quantitative estimate of drug-likeness (QED) is 0.108. The molecule has 0 N–H and O–H groups in total. The molecule has 2 aromatic carbocycles. The Morgan fingerprint density at radius 2 is 1.58 bits per heavy atom. The fraction of sp³-hybridized carbons (Fsp3) is 0.484. The van der Waals surface area contributed by atoms with Gasteiger partial charge in [0.15, 0.2) is 5.78 Å². The maximum Gasteiger partial charge on any atom is 0.331 e. The Hall–Kier alpha value is -3.16. The first-order chi connectivity index (χ1) is 18.2. The molecule has 1 heterocycles. The average Bonchev–Trinajstić information content (AvgIpc) is 3.29. The number of ketones is 2. The second-order valence-corrected chi connectivity index (χ2v) is 10.7. The third-order valence-electron chi connectivity index (χ3n) is 7.59. The first-order valence-electron chi connectivity index (χ1n) is 13.6. The van der Waals surface area contributed by atoms with Crippen molar-refractivity contribution >= 4 is 23.2 Å². The van der Waals surface area contributed by atoms with Gasteiger partial charge in [-0.2, -0.15) is 0 Å². The van der Waals surface area contributed by atoms with Crippen LogP contribution in [0, 0.1) is 0 Å². The molecule has 0 aromatic heterocycles. The summed E-state index contributed by atoms with van der Waals surface area (Å²) in [6, 6.07) is 11.6. The van der Waals surface area contributed by atoms with E-state index in [0.29, 0.717) is 30.8 Å². The molecule has 1 aliphatic carbocycles. The van der Waals surface area contributed by atoms with Gasteiger partial charge in [0.05, 0.1) is 18.8 Å². The fourth-order valence-electron chi connectivity index (χ4n) is 5.28. The minimum atomic E-state index is -0.642. The first kappa shape index (κ1) is 27.9. The van der Waals surface area contributed by atoms with Crippen molar-refractivity contribution in [2.45, 2.75) is 71.8 Å². The maximum atomic E-state index is 13.6. The van der Waals surface area contributed by atoms with Crippen molar-refractivity contribution < 1.29 is 24.0 Å². The number of Topliss-reactive ketones (excluding diaryl/α,β-unsaturated/α-hetero) is 2. The number of morpholine rings is 1. The highest BCUT2D eigenvalue weighted by Gasteiger charge is 2.36. The second kappa shape index (κ2) is 12.1. The van der Waals surface area contributed by atoms with Crippen LogP contribution >= 0.6 is 0 Å². The van der Waals surface area contributed by atoms with Crippen molar-refractivity contribution in [1.29, 1.82) is 0 Å². The van der Waals surface area contributed by atoms with Crippen molar-refractivity contribution in [3.05, 3.63) is 58.7 Å². The van der Waals surface area contributed by atoms with Gasteiger partial charge in [0.1, 0.15) is 5.71 Å². The smallest absolute Gasteiger partial charge is 0.331 e. The van der Waals surface area contributed by atoms with E-state index in [1.807, 2.05) is 50.2 Å². The lowest BCUT2D eigenvalue weighted by Crippen LogP contribution is -2.54. The van der Waals surface area contributed by atoms with Gasteiger partial charge in [-0.05, 0) is 67.5 Å².